The SMILES string of the molecule is CC(C)(C)OC(=O)N[C@H]1CC[C@H](Oc2ccnc(N)c2N)CC1. The number of nitrogens with two attached hydrogens (primary N) is 2. The molecule has 1 aliphatic rings. The van der Waals surface area contributed by atoms with E-state index in [1.807, 2.05) is 20.8 Å². The molecule has 23 heavy (non-hydrogen) atoms. The van der Waals surface area contributed by atoms with Crippen LogP contribution >= 0.6 is 0 Å². The van der Waals surface area contributed by atoms with Crippen molar-refractivity contribution in [2.45, 2.75) is 64.2 Å². The van der Waals surface area contributed by atoms with Gasteiger partial charge in [-0.05, 0) is 46.5 Å². The van der Waals surface area contributed by atoms with Crippen LogP contribution in [0.15, 0.2) is 12.3 Å². The summed E-state index contributed by atoms with van der Waals surface area (Å²) in [5, 5.41) is 2.91. The highest BCUT2D eigenvalue weighted by molar-refractivity contribution is 5.68. The van der Waals surface area contributed by atoms with Crippen molar-refractivity contribution in [3.63, 3.8) is 0 Å². The van der Waals surface area contributed by atoms with Crippen LogP contribution in [0, 0.1) is 0 Å². The minimum Gasteiger partial charge on any atom is -0.488 e. The molecular weight excluding hydrogens is 296 g/mol. The molecule has 2 rings (SSSR count). The number of amides is 1. The fourth-order valence-corrected chi connectivity index (χ4v) is 2.55. The Balaban J connectivity index is 1.80. The maximum atomic E-state index is 11.8. The van der Waals surface area contributed by atoms with Gasteiger partial charge < -0.3 is 26.3 Å². The van der Waals surface area contributed by atoms with Crippen LogP contribution in [0.1, 0.15) is 46.5 Å². The molecule has 0 atom stereocenters. The highest BCUT2D eigenvalue weighted by Gasteiger charge is 2.26. The molecule has 5 N–H and O–H groups in total. The summed E-state index contributed by atoms with van der Waals surface area (Å²) in [6.45, 7) is 5.55. The van der Waals surface area contributed by atoms with Crippen LogP contribution < -0.4 is 21.5 Å². The monoisotopic (exact) mass is 322 g/mol. The molecule has 0 radical (unpaired) electrons. The molecule has 1 saturated carbocycles. The lowest BCUT2D eigenvalue weighted by molar-refractivity contribution is 0.0471. The van der Waals surface area contributed by atoms with Crippen molar-refractivity contribution in [2.24, 2.45) is 0 Å². The quantitative estimate of drug-likeness (QED) is 0.788. The first-order valence-electron chi connectivity index (χ1n) is 7.91. The van der Waals surface area contributed by atoms with Gasteiger partial charge in [-0.25, -0.2) is 9.78 Å². The Morgan fingerprint density at radius 3 is 2.52 bits per heavy atom. The minimum absolute atomic E-state index is 0.0655. The molecule has 1 heterocycles. The Labute approximate surface area is 136 Å². The third-order valence-electron chi connectivity index (χ3n) is 3.67. The summed E-state index contributed by atoms with van der Waals surface area (Å²) < 4.78 is 11.2. The molecular formula is C16H26N4O3. The zero-order valence-electron chi connectivity index (χ0n) is 14.0. The normalized spacial score (nSPS) is 21.5. The van der Waals surface area contributed by atoms with E-state index in [1.54, 1.807) is 12.3 Å². The molecule has 0 aromatic carbocycles. The third-order valence-corrected chi connectivity index (χ3v) is 3.67. The summed E-state index contributed by atoms with van der Waals surface area (Å²) in [5.74, 6) is 0.851. The molecule has 0 bridgehead atoms. The van der Waals surface area contributed by atoms with Gasteiger partial charge in [0.15, 0.2) is 0 Å². The standard InChI is InChI=1S/C16H26N4O3/c1-16(2,3)23-15(21)20-10-4-6-11(7-5-10)22-12-8-9-19-14(18)13(12)17/h8-11H,4-7,17H2,1-3H3,(H2,18,19)(H,20,21)/t10-,11-. The summed E-state index contributed by atoms with van der Waals surface area (Å²) >= 11 is 0. The smallest absolute Gasteiger partial charge is 0.407 e. The Morgan fingerprint density at radius 1 is 1.26 bits per heavy atom. The molecule has 1 aromatic rings. The molecule has 128 valence electrons. The van der Waals surface area contributed by atoms with Crippen LogP contribution in [0.25, 0.3) is 0 Å². The molecule has 1 aromatic heterocycles. The average molecular weight is 322 g/mol. The number of ether oxygens (including phenoxy) is 2. The molecule has 1 amide bonds. The van der Waals surface area contributed by atoms with E-state index in [0.29, 0.717) is 11.4 Å². The fraction of sp³-hybridized carbons (Fsp3) is 0.625. The van der Waals surface area contributed by atoms with E-state index in [4.69, 9.17) is 20.9 Å². The number of pyridine rings is 1. The van der Waals surface area contributed by atoms with Crippen molar-refractivity contribution in [1.29, 1.82) is 0 Å². The highest BCUT2D eigenvalue weighted by atomic mass is 16.6. The molecule has 1 aliphatic carbocycles. The van der Waals surface area contributed by atoms with Crippen molar-refractivity contribution in [3.8, 4) is 5.75 Å². The summed E-state index contributed by atoms with van der Waals surface area (Å²) in [6, 6.07) is 1.83. The van der Waals surface area contributed by atoms with Crippen molar-refractivity contribution in [3.05, 3.63) is 12.3 Å². The van der Waals surface area contributed by atoms with Gasteiger partial charge in [0.2, 0.25) is 0 Å². The fourth-order valence-electron chi connectivity index (χ4n) is 2.55. The summed E-state index contributed by atoms with van der Waals surface area (Å²) in [4.78, 5) is 15.7. The van der Waals surface area contributed by atoms with Gasteiger partial charge in [0.05, 0.1) is 6.10 Å². The number of nitrogen functional groups attached to an aromatic ring is 2. The van der Waals surface area contributed by atoms with Gasteiger partial charge in [-0.1, -0.05) is 0 Å². The molecule has 7 nitrogen and oxygen atoms in total. The summed E-state index contributed by atoms with van der Waals surface area (Å²) in [7, 11) is 0. The molecule has 1 fully saturated rings. The molecule has 7 heteroatoms. The Hall–Kier alpha value is -2.18. The molecule has 0 spiro atoms. The first-order valence-corrected chi connectivity index (χ1v) is 7.91. The number of hydrogen-bond donors (Lipinski definition) is 3. The van der Waals surface area contributed by atoms with Crippen molar-refractivity contribution >= 4 is 17.6 Å². The first-order chi connectivity index (χ1) is 10.7. The second kappa shape index (κ2) is 6.93. The highest BCUT2D eigenvalue weighted by Crippen LogP contribution is 2.29. The summed E-state index contributed by atoms with van der Waals surface area (Å²) in [6.07, 6.45) is 4.62. The van der Waals surface area contributed by atoms with E-state index in [0.717, 1.165) is 25.7 Å². The maximum absolute atomic E-state index is 11.8. The largest absolute Gasteiger partial charge is 0.488 e. The molecule has 0 unspecified atom stereocenters. The number of carbonyl (C=O) groups excluding carboxylic acids is 1. The van der Waals surface area contributed by atoms with Crippen molar-refractivity contribution in [1.82, 2.24) is 10.3 Å². The number of alkyl carbamates (subject to hydrolysis) is 1. The minimum atomic E-state index is -0.483. The van der Waals surface area contributed by atoms with E-state index in [9.17, 15) is 4.79 Å². The van der Waals surface area contributed by atoms with E-state index < -0.39 is 5.60 Å². The molecule has 0 saturated heterocycles. The van der Waals surface area contributed by atoms with E-state index in [1.165, 1.54) is 0 Å². The van der Waals surface area contributed by atoms with Gasteiger partial charge in [-0.2, -0.15) is 0 Å². The number of nitrogens with zero attached hydrogens (tertiary/aromatic N) is 1. The van der Waals surface area contributed by atoms with Gasteiger partial charge in [0.25, 0.3) is 0 Å². The zero-order chi connectivity index (χ0) is 17.0. The first kappa shape index (κ1) is 17.2. The van der Waals surface area contributed by atoms with Crippen molar-refractivity contribution < 1.29 is 14.3 Å². The Morgan fingerprint density at radius 2 is 1.91 bits per heavy atom. The number of carbonyl (C=O) groups is 1. The van der Waals surface area contributed by atoms with E-state index in [2.05, 4.69) is 10.3 Å². The van der Waals surface area contributed by atoms with Gasteiger partial charge in [0, 0.05) is 18.3 Å². The van der Waals surface area contributed by atoms with Crippen LogP contribution in [-0.2, 0) is 4.74 Å². The number of hydrogen-bond acceptors (Lipinski definition) is 6. The van der Waals surface area contributed by atoms with Gasteiger partial charge in [-0.3, -0.25) is 0 Å². The van der Waals surface area contributed by atoms with E-state index in [-0.39, 0.29) is 24.1 Å². The number of anilines is 2. The predicted octanol–water partition coefficient (Wildman–Crippen LogP) is 2.46. The van der Waals surface area contributed by atoms with Crippen LogP contribution in [0.2, 0.25) is 0 Å². The predicted molar refractivity (Wildman–Crippen MR) is 89.1 cm³/mol. The average Bonchev–Trinajstić information content (AvgIpc) is 2.44. The van der Waals surface area contributed by atoms with Crippen LogP contribution in [-0.4, -0.2) is 28.8 Å². The maximum Gasteiger partial charge on any atom is 0.407 e. The topological polar surface area (TPSA) is 112 Å². The Bertz CT molecular complexity index is 549. The van der Waals surface area contributed by atoms with Gasteiger partial charge in [-0.15, -0.1) is 0 Å². The number of aromatic nitrogens is 1. The van der Waals surface area contributed by atoms with E-state index >= 15 is 0 Å². The number of rotatable bonds is 3. The lowest BCUT2D eigenvalue weighted by Gasteiger charge is -2.30. The molecule has 0 aliphatic heterocycles. The zero-order valence-corrected chi connectivity index (χ0v) is 14.0. The lowest BCUT2D eigenvalue weighted by Crippen LogP contribution is -2.42. The van der Waals surface area contributed by atoms with Gasteiger partial charge >= 0.3 is 6.09 Å². The van der Waals surface area contributed by atoms with Crippen LogP contribution in [0.5, 0.6) is 5.75 Å². The second-order valence-electron chi connectivity index (χ2n) is 6.85. The Kier molecular flexibility index (Phi) is 5.18. The van der Waals surface area contributed by atoms with Crippen LogP contribution in [0.3, 0.4) is 0 Å². The van der Waals surface area contributed by atoms with Crippen LogP contribution in [0.4, 0.5) is 16.3 Å². The lowest BCUT2D eigenvalue weighted by atomic mass is 9.93. The summed E-state index contributed by atoms with van der Waals surface area (Å²) in [5.41, 5.74) is 11.4. The second-order valence-corrected chi connectivity index (χ2v) is 6.85. The number of nitrogens with one attached hydrogen (secondary N) is 1. The van der Waals surface area contributed by atoms with Crippen molar-refractivity contribution in [2.75, 3.05) is 11.5 Å². The van der Waals surface area contributed by atoms with Gasteiger partial charge in [0.1, 0.15) is 22.9 Å². The third kappa shape index (κ3) is 5.19.